The molecule has 2 aromatic heterocycles. The van der Waals surface area contributed by atoms with Gasteiger partial charge in [-0.15, -0.1) is 0 Å². The molecule has 0 saturated carbocycles. The van der Waals surface area contributed by atoms with Crippen molar-refractivity contribution in [3.05, 3.63) is 47.7 Å². The smallest absolute Gasteiger partial charge is 0.252 e. The Kier molecular flexibility index (Phi) is 5.73. The van der Waals surface area contributed by atoms with Crippen LogP contribution in [0.2, 0.25) is 0 Å². The van der Waals surface area contributed by atoms with E-state index >= 15 is 0 Å². The van der Waals surface area contributed by atoms with Crippen molar-refractivity contribution in [2.45, 2.75) is 33.2 Å². The van der Waals surface area contributed by atoms with Crippen LogP contribution in [0.25, 0.3) is 22.3 Å². The van der Waals surface area contributed by atoms with Crippen LogP contribution in [-0.2, 0) is 11.8 Å². The Morgan fingerprint density at radius 1 is 1.21 bits per heavy atom. The Morgan fingerprint density at radius 3 is 2.61 bits per heavy atom. The summed E-state index contributed by atoms with van der Waals surface area (Å²) in [5.74, 6) is -0.522. The number of nitrogens with zero attached hydrogens (tertiary/aromatic N) is 3. The number of hydrogen-bond donors (Lipinski definition) is 2. The Labute approximate surface area is 164 Å². The van der Waals surface area contributed by atoms with E-state index in [1.54, 1.807) is 24.7 Å². The molecule has 3 rings (SSSR count). The van der Waals surface area contributed by atoms with E-state index in [0.717, 1.165) is 17.7 Å². The predicted octanol–water partition coefficient (Wildman–Crippen LogP) is 2.59. The van der Waals surface area contributed by atoms with Gasteiger partial charge in [0.15, 0.2) is 5.65 Å². The lowest BCUT2D eigenvalue weighted by molar-refractivity contribution is -0.122. The Bertz CT molecular complexity index is 1010. The first kappa shape index (κ1) is 19.5. The Hall–Kier alpha value is -3.22. The summed E-state index contributed by atoms with van der Waals surface area (Å²) in [7, 11) is 1.81. The highest BCUT2D eigenvalue weighted by molar-refractivity contribution is 6.08. The number of hydrogen-bond acceptors (Lipinski definition) is 4. The van der Waals surface area contributed by atoms with E-state index in [4.69, 9.17) is 4.98 Å². The molecule has 0 saturated heterocycles. The number of amides is 2. The van der Waals surface area contributed by atoms with Crippen molar-refractivity contribution in [2.24, 2.45) is 7.05 Å². The number of nitrogens with one attached hydrogen (secondary N) is 2. The van der Waals surface area contributed by atoms with Gasteiger partial charge in [0.25, 0.3) is 5.91 Å². The summed E-state index contributed by atoms with van der Waals surface area (Å²) < 4.78 is 1.67. The van der Waals surface area contributed by atoms with Crippen LogP contribution in [0.15, 0.2) is 36.4 Å². The molecular formula is C21H25N5O2. The minimum atomic E-state index is -0.639. The SMILES string of the molecule is CCCNC(=O)C(C)NC(=O)c1cc(-c2ccccc2)nc2c1c(C)nn2C. The van der Waals surface area contributed by atoms with Gasteiger partial charge in [0.1, 0.15) is 6.04 Å². The van der Waals surface area contributed by atoms with Gasteiger partial charge in [-0.1, -0.05) is 37.3 Å². The fraction of sp³-hybridized carbons (Fsp3) is 0.333. The summed E-state index contributed by atoms with van der Waals surface area (Å²) in [5, 5.41) is 10.7. The van der Waals surface area contributed by atoms with Crippen LogP contribution in [-0.4, -0.2) is 39.2 Å². The van der Waals surface area contributed by atoms with Gasteiger partial charge in [-0.2, -0.15) is 5.10 Å². The molecule has 1 aromatic carbocycles. The van der Waals surface area contributed by atoms with Crippen LogP contribution < -0.4 is 10.6 Å². The third-order valence-corrected chi connectivity index (χ3v) is 4.57. The molecule has 28 heavy (non-hydrogen) atoms. The molecule has 0 aliphatic rings. The molecule has 0 fully saturated rings. The van der Waals surface area contributed by atoms with Gasteiger partial charge in [-0.25, -0.2) is 4.98 Å². The van der Waals surface area contributed by atoms with E-state index in [2.05, 4.69) is 15.7 Å². The fourth-order valence-electron chi connectivity index (χ4n) is 3.12. The van der Waals surface area contributed by atoms with Crippen molar-refractivity contribution in [1.82, 2.24) is 25.4 Å². The topological polar surface area (TPSA) is 88.9 Å². The number of aryl methyl sites for hydroxylation is 2. The van der Waals surface area contributed by atoms with Crippen molar-refractivity contribution in [2.75, 3.05) is 6.54 Å². The Morgan fingerprint density at radius 2 is 1.93 bits per heavy atom. The second-order valence-corrected chi connectivity index (χ2v) is 6.81. The second kappa shape index (κ2) is 8.21. The number of fused-ring (bicyclic) bond motifs is 1. The lowest BCUT2D eigenvalue weighted by atomic mass is 10.0. The van der Waals surface area contributed by atoms with Gasteiger partial charge >= 0.3 is 0 Å². The first-order valence-corrected chi connectivity index (χ1v) is 9.40. The molecule has 0 aliphatic carbocycles. The van der Waals surface area contributed by atoms with E-state index in [1.165, 1.54) is 0 Å². The molecule has 146 valence electrons. The van der Waals surface area contributed by atoms with Crippen LogP contribution in [0, 0.1) is 6.92 Å². The fourth-order valence-corrected chi connectivity index (χ4v) is 3.12. The average Bonchev–Trinajstić information content (AvgIpc) is 2.99. The molecule has 1 atom stereocenters. The summed E-state index contributed by atoms with van der Waals surface area (Å²) in [6, 6.07) is 10.8. The van der Waals surface area contributed by atoms with Crippen molar-refractivity contribution >= 4 is 22.8 Å². The molecule has 2 heterocycles. The van der Waals surface area contributed by atoms with Crippen LogP contribution in [0.4, 0.5) is 0 Å². The second-order valence-electron chi connectivity index (χ2n) is 6.81. The maximum atomic E-state index is 13.0. The van der Waals surface area contributed by atoms with Crippen LogP contribution in [0.5, 0.6) is 0 Å². The zero-order chi connectivity index (χ0) is 20.3. The summed E-state index contributed by atoms with van der Waals surface area (Å²) in [4.78, 5) is 29.9. The van der Waals surface area contributed by atoms with Crippen LogP contribution >= 0.6 is 0 Å². The zero-order valence-electron chi connectivity index (χ0n) is 16.6. The van der Waals surface area contributed by atoms with E-state index in [1.807, 2.05) is 44.2 Å². The van der Waals surface area contributed by atoms with Gasteiger partial charge in [0.2, 0.25) is 5.91 Å². The van der Waals surface area contributed by atoms with Gasteiger partial charge in [-0.3, -0.25) is 14.3 Å². The van der Waals surface area contributed by atoms with E-state index in [0.29, 0.717) is 28.8 Å². The standard InChI is InChI=1S/C21H25N5O2/c1-5-11-22-20(27)14(3)23-21(28)16-12-17(15-9-7-6-8-10-15)24-19-18(16)13(2)25-26(19)4/h6-10,12,14H,5,11H2,1-4H3,(H,22,27)(H,23,28). The van der Waals surface area contributed by atoms with Crippen molar-refractivity contribution in [3.8, 4) is 11.3 Å². The number of pyridine rings is 1. The van der Waals surface area contributed by atoms with Gasteiger partial charge in [-0.05, 0) is 26.3 Å². The summed E-state index contributed by atoms with van der Waals surface area (Å²) in [6.07, 6.45) is 0.840. The molecular weight excluding hydrogens is 354 g/mol. The summed E-state index contributed by atoms with van der Waals surface area (Å²) in [5.41, 5.74) is 3.41. The van der Waals surface area contributed by atoms with Crippen LogP contribution in [0.3, 0.4) is 0 Å². The third-order valence-electron chi connectivity index (χ3n) is 4.57. The summed E-state index contributed by atoms with van der Waals surface area (Å²) >= 11 is 0. The first-order valence-electron chi connectivity index (χ1n) is 9.40. The highest BCUT2D eigenvalue weighted by atomic mass is 16.2. The lowest BCUT2D eigenvalue weighted by Gasteiger charge is -2.15. The maximum absolute atomic E-state index is 13.0. The largest absolute Gasteiger partial charge is 0.354 e. The van der Waals surface area contributed by atoms with Crippen molar-refractivity contribution in [3.63, 3.8) is 0 Å². The average molecular weight is 379 g/mol. The molecule has 0 spiro atoms. The minimum Gasteiger partial charge on any atom is -0.354 e. The highest BCUT2D eigenvalue weighted by Crippen LogP contribution is 2.26. The first-order chi connectivity index (χ1) is 13.4. The van der Waals surface area contributed by atoms with E-state index in [9.17, 15) is 9.59 Å². The molecule has 3 aromatic rings. The lowest BCUT2D eigenvalue weighted by Crippen LogP contribution is -2.45. The van der Waals surface area contributed by atoms with Crippen molar-refractivity contribution < 1.29 is 9.59 Å². The monoisotopic (exact) mass is 379 g/mol. The van der Waals surface area contributed by atoms with E-state index in [-0.39, 0.29) is 11.8 Å². The quantitative estimate of drug-likeness (QED) is 0.689. The third kappa shape index (κ3) is 3.88. The number of aromatic nitrogens is 3. The molecule has 2 N–H and O–H groups in total. The molecule has 2 amide bonds. The van der Waals surface area contributed by atoms with Gasteiger partial charge in [0.05, 0.1) is 22.3 Å². The molecule has 0 bridgehead atoms. The molecule has 7 heteroatoms. The van der Waals surface area contributed by atoms with E-state index < -0.39 is 6.04 Å². The van der Waals surface area contributed by atoms with Gasteiger partial charge in [0, 0.05) is 19.2 Å². The molecule has 7 nitrogen and oxygen atoms in total. The number of carbonyl (C=O) groups is 2. The minimum absolute atomic E-state index is 0.202. The zero-order valence-corrected chi connectivity index (χ0v) is 16.6. The Balaban J connectivity index is 2.01. The summed E-state index contributed by atoms with van der Waals surface area (Å²) in [6.45, 7) is 6.09. The molecule has 1 unspecified atom stereocenters. The van der Waals surface area contributed by atoms with Crippen LogP contribution in [0.1, 0.15) is 36.3 Å². The predicted molar refractivity (Wildman–Crippen MR) is 109 cm³/mol. The van der Waals surface area contributed by atoms with Gasteiger partial charge < -0.3 is 10.6 Å². The molecule has 0 aliphatic heterocycles. The molecule has 0 radical (unpaired) electrons. The van der Waals surface area contributed by atoms with Crippen molar-refractivity contribution in [1.29, 1.82) is 0 Å². The normalized spacial score (nSPS) is 12.0. The highest BCUT2D eigenvalue weighted by Gasteiger charge is 2.22. The number of benzene rings is 1. The number of rotatable bonds is 6. The maximum Gasteiger partial charge on any atom is 0.252 e. The number of carbonyl (C=O) groups excluding carboxylic acids is 2.